The number of carbonyl (C=O) groups excluding carboxylic acids is 3. The first-order valence-corrected chi connectivity index (χ1v) is 8.27. The molecule has 2 heterocycles. The standard InChI is InChI=1S/C17H26N2O5/c1-17(2,3)24-16(22)18-12-8-6-5-7-11-9-10-13(15(21)23-4)19(11)14(12)20/h5-6,11-13H,7-10H2,1-4H3,(H,18,22). The number of rotatable bonds is 2. The third-order valence-corrected chi connectivity index (χ3v) is 4.17. The Hall–Kier alpha value is -2.05. The molecule has 3 atom stereocenters. The summed E-state index contributed by atoms with van der Waals surface area (Å²) in [5, 5.41) is 2.63. The number of fused-ring (bicyclic) bond motifs is 1. The van der Waals surface area contributed by atoms with Crippen molar-refractivity contribution in [2.24, 2.45) is 0 Å². The molecule has 0 radical (unpaired) electrons. The molecule has 1 N–H and O–H groups in total. The molecule has 134 valence electrons. The fraction of sp³-hybridized carbons (Fsp3) is 0.706. The van der Waals surface area contributed by atoms with Crippen molar-refractivity contribution >= 4 is 18.0 Å². The van der Waals surface area contributed by atoms with Gasteiger partial charge in [0.1, 0.15) is 17.7 Å². The number of hydrogen-bond acceptors (Lipinski definition) is 5. The van der Waals surface area contributed by atoms with E-state index in [2.05, 4.69) is 5.32 Å². The lowest BCUT2D eigenvalue weighted by molar-refractivity contribution is -0.153. The van der Waals surface area contributed by atoms with Crippen LogP contribution < -0.4 is 5.32 Å². The molecule has 2 aliphatic rings. The molecule has 0 aromatic rings. The first kappa shape index (κ1) is 18.3. The molecule has 2 amide bonds. The van der Waals surface area contributed by atoms with Crippen molar-refractivity contribution in [1.82, 2.24) is 10.2 Å². The summed E-state index contributed by atoms with van der Waals surface area (Å²) < 4.78 is 10.1. The van der Waals surface area contributed by atoms with Gasteiger partial charge in [0.05, 0.1) is 7.11 Å². The van der Waals surface area contributed by atoms with E-state index in [4.69, 9.17) is 9.47 Å². The lowest BCUT2D eigenvalue weighted by atomic mass is 10.0. The average Bonchev–Trinajstić information content (AvgIpc) is 2.88. The van der Waals surface area contributed by atoms with Crippen LogP contribution in [0, 0.1) is 0 Å². The molecule has 2 rings (SSSR count). The molecule has 24 heavy (non-hydrogen) atoms. The van der Waals surface area contributed by atoms with Crippen LogP contribution in [0.25, 0.3) is 0 Å². The first-order chi connectivity index (χ1) is 11.2. The van der Waals surface area contributed by atoms with E-state index in [9.17, 15) is 14.4 Å². The van der Waals surface area contributed by atoms with Crippen LogP contribution in [0.4, 0.5) is 4.79 Å². The minimum atomic E-state index is -0.746. The van der Waals surface area contributed by atoms with Crippen molar-refractivity contribution in [2.45, 2.75) is 70.2 Å². The normalized spacial score (nSPS) is 27.1. The van der Waals surface area contributed by atoms with E-state index in [0.717, 1.165) is 6.42 Å². The molecule has 7 nitrogen and oxygen atoms in total. The summed E-state index contributed by atoms with van der Waals surface area (Å²) in [6.07, 6.45) is 5.65. The molecule has 7 heteroatoms. The smallest absolute Gasteiger partial charge is 0.408 e. The largest absolute Gasteiger partial charge is 0.467 e. The highest BCUT2D eigenvalue weighted by Gasteiger charge is 2.44. The maximum absolute atomic E-state index is 12.9. The fourth-order valence-corrected chi connectivity index (χ4v) is 3.15. The third kappa shape index (κ3) is 4.27. The Kier molecular flexibility index (Phi) is 5.51. The predicted octanol–water partition coefficient (Wildman–Crippen LogP) is 1.76. The Bertz CT molecular complexity index is 538. The average molecular weight is 338 g/mol. The number of nitrogens with one attached hydrogen (secondary N) is 1. The highest BCUT2D eigenvalue weighted by molar-refractivity contribution is 5.90. The first-order valence-electron chi connectivity index (χ1n) is 8.27. The molecule has 1 saturated heterocycles. The molecular formula is C17H26N2O5. The molecule has 0 aliphatic carbocycles. The molecule has 0 aromatic heterocycles. The van der Waals surface area contributed by atoms with Crippen LogP contribution in [-0.4, -0.2) is 53.7 Å². The minimum absolute atomic E-state index is 0.0407. The Morgan fingerprint density at radius 2 is 1.88 bits per heavy atom. The molecule has 0 aromatic carbocycles. The molecule has 1 fully saturated rings. The molecule has 2 aliphatic heterocycles. The van der Waals surface area contributed by atoms with E-state index in [0.29, 0.717) is 19.3 Å². The van der Waals surface area contributed by atoms with Gasteiger partial charge in [-0.05, 0) is 46.5 Å². The van der Waals surface area contributed by atoms with Gasteiger partial charge in [0.2, 0.25) is 5.91 Å². The zero-order valence-electron chi connectivity index (χ0n) is 14.7. The van der Waals surface area contributed by atoms with Gasteiger partial charge in [0.15, 0.2) is 0 Å². The topological polar surface area (TPSA) is 84.9 Å². The number of methoxy groups -OCH3 is 1. The maximum atomic E-state index is 12.9. The quantitative estimate of drug-likeness (QED) is 0.612. The number of esters is 1. The van der Waals surface area contributed by atoms with Gasteiger partial charge in [0.25, 0.3) is 0 Å². The van der Waals surface area contributed by atoms with Gasteiger partial charge >= 0.3 is 12.1 Å². The number of carbonyl (C=O) groups is 3. The summed E-state index contributed by atoms with van der Waals surface area (Å²) in [7, 11) is 1.32. The summed E-state index contributed by atoms with van der Waals surface area (Å²) in [6, 6.07) is -1.37. The van der Waals surface area contributed by atoms with E-state index in [-0.39, 0.29) is 11.9 Å². The second-order valence-corrected chi connectivity index (χ2v) is 7.16. The van der Waals surface area contributed by atoms with Gasteiger partial charge in [-0.2, -0.15) is 0 Å². The number of ether oxygens (including phenoxy) is 2. The van der Waals surface area contributed by atoms with Gasteiger partial charge < -0.3 is 19.7 Å². The number of nitrogens with zero attached hydrogens (tertiary/aromatic N) is 1. The fourth-order valence-electron chi connectivity index (χ4n) is 3.15. The van der Waals surface area contributed by atoms with Crippen molar-refractivity contribution in [2.75, 3.05) is 7.11 Å². The van der Waals surface area contributed by atoms with Crippen LogP contribution in [0.5, 0.6) is 0 Å². The van der Waals surface area contributed by atoms with Crippen LogP contribution >= 0.6 is 0 Å². The highest BCUT2D eigenvalue weighted by atomic mass is 16.6. The summed E-state index contributed by atoms with van der Waals surface area (Å²) in [6.45, 7) is 5.28. The lowest BCUT2D eigenvalue weighted by Crippen LogP contribution is -2.55. The lowest BCUT2D eigenvalue weighted by Gasteiger charge is -2.33. The van der Waals surface area contributed by atoms with Gasteiger partial charge in [-0.15, -0.1) is 0 Å². The van der Waals surface area contributed by atoms with E-state index in [1.54, 1.807) is 25.7 Å². The summed E-state index contributed by atoms with van der Waals surface area (Å²) >= 11 is 0. The molecule has 0 bridgehead atoms. The monoisotopic (exact) mass is 338 g/mol. The van der Waals surface area contributed by atoms with E-state index >= 15 is 0 Å². The second kappa shape index (κ2) is 7.23. The number of hydrogen-bond donors (Lipinski definition) is 1. The number of amides is 2. The maximum Gasteiger partial charge on any atom is 0.408 e. The minimum Gasteiger partial charge on any atom is -0.467 e. The second-order valence-electron chi connectivity index (χ2n) is 7.16. The summed E-state index contributed by atoms with van der Waals surface area (Å²) in [4.78, 5) is 38.5. The Balaban J connectivity index is 2.15. The van der Waals surface area contributed by atoms with Crippen LogP contribution in [-0.2, 0) is 19.1 Å². The zero-order chi connectivity index (χ0) is 17.9. The van der Waals surface area contributed by atoms with Crippen LogP contribution in [0.3, 0.4) is 0 Å². The van der Waals surface area contributed by atoms with Gasteiger partial charge in [0, 0.05) is 6.04 Å². The number of alkyl carbamates (subject to hydrolysis) is 1. The molecular weight excluding hydrogens is 312 g/mol. The van der Waals surface area contributed by atoms with Crippen molar-refractivity contribution in [1.29, 1.82) is 0 Å². The van der Waals surface area contributed by atoms with E-state index in [1.807, 2.05) is 12.2 Å². The Morgan fingerprint density at radius 1 is 1.21 bits per heavy atom. The highest BCUT2D eigenvalue weighted by Crippen LogP contribution is 2.30. The third-order valence-electron chi connectivity index (χ3n) is 4.17. The van der Waals surface area contributed by atoms with Crippen molar-refractivity contribution in [3.63, 3.8) is 0 Å². The van der Waals surface area contributed by atoms with Crippen LogP contribution in [0.2, 0.25) is 0 Å². The van der Waals surface area contributed by atoms with Crippen molar-refractivity contribution in [3.8, 4) is 0 Å². The van der Waals surface area contributed by atoms with Crippen molar-refractivity contribution < 1.29 is 23.9 Å². The molecule has 0 spiro atoms. The summed E-state index contributed by atoms with van der Waals surface area (Å²) in [5.74, 6) is -0.672. The van der Waals surface area contributed by atoms with Gasteiger partial charge in [-0.1, -0.05) is 12.2 Å². The van der Waals surface area contributed by atoms with E-state index < -0.39 is 29.7 Å². The van der Waals surface area contributed by atoms with Crippen molar-refractivity contribution in [3.05, 3.63) is 12.2 Å². The Labute approximate surface area is 142 Å². The molecule has 0 saturated carbocycles. The SMILES string of the molecule is COC(=O)C1CCC2CC=CCC(NC(=O)OC(C)(C)C)C(=O)N21. The molecule has 3 unspecified atom stereocenters. The van der Waals surface area contributed by atoms with Crippen LogP contribution in [0.1, 0.15) is 46.5 Å². The van der Waals surface area contributed by atoms with Gasteiger partial charge in [-0.25, -0.2) is 9.59 Å². The van der Waals surface area contributed by atoms with Crippen LogP contribution in [0.15, 0.2) is 12.2 Å². The van der Waals surface area contributed by atoms with E-state index in [1.165, 1.54) is 7.11 Å². The summed E-state index contributed by atoms with van der Waals surface area (Å²) in [5.41, 5.74) is -0.644. The van der Waals surface area contributed by atoms with Gasteiger partial charge in [-0.3, -0.25) is 4.79 Å². The predicted molar refractivity (Wildman–Crippen MR) is 87.2 cm³/mol. The zero-order valence-corrected chi connectivity index (χ0v) is 14.7. The Morgan fingerprint density at radius 3 is 2.50 bits per heavy atom.